The summed E-state index contributed by atoms with van der Waals surface area (Å²) in [6.07, 6.45) is 0.389. The summed E-state index contributed by atoms with van der Waals surface area (Å²) in [5, 5.41) is 0. The Morgan fingerprint density at radius 3 is 1.95 bits per heavy atom. The Hall–Kier alpha value is -4.30. The molecule has 0 aromatic heterocycles. The molecule has 0 spiro atoms. The van der Waals surface area contributed by atoms with Gasteiger partial charge in [-0.15, -0.1) is 0 Å². The van der Waals surface area contributed by atoms with Crippen LogP contribution in [-0.4, -0.2) is 56.0 Å². The summed E-state index contributed by atoms with van der Waals surface area (Å²) in [5.74, 6) is 1.94. The molecular weight excluding hydrogens is 534 g/mol. The number of likely N-dealkylation sites (N-methyl/N-ethyl adjacent to an activating group) is 1. The zero-order valence-corrected chi connectivity index (χ0v) is 25.0. The molecule has 0 amide bonds. The maximum absolute atomic E-state index is 11.7. The topological polar surface area (TPSA) is 83.5 Å². The molecular formula is C34H39NO7. The zero-order valence-electron chi connectivity index (χ0n) is 25.0. The quantitative estimate of drug-likeness (QED) is 0.133. The van der Waals surface area contributed by atoms with Crippen molar-refractivity contribution in [3.63, 3.8) is 0 Å². The molecule has 0 bridgehead atoms. The minimum Gasteiger partial charge on any atom is -0.490 e. The second-order valence-electron chi connectivity index (χ2n) is 9.95. The van der Waals surface area contributed by atoms with Gasteiger partial charge in [0.15, 0.2) is 11.5 Å². The molecule has 0 saturated carbocycles. The number of allylic oxidation sites excluding steroid dienone is 1. The molecule has 0 aliphatic carbocycles. The van der Waals surface area contributed by atoms with Gasteiger partial charge in [-0.25, -0.2) is 0 Å². The molecule has 4 rings (SSSR count). The van der Waals surface area contributed by atoms with Gasteiger partial charge >= 0.3 is 11.9 Å². The lowest BCUT2D eigenvalue weighted by Gasteiger charge is -2.25. The Bertz CT molecular complexity index is 1390. The molecule has 0 radical (unpaired) electrons. The third-order valence-electron chi connectivity index (χ3n) is 7.05. The van der Waals surface area contributed by atoms with Crippen molar-refractivity contribution in [1.29, 1.82) is 0 Å². The number of carbonyl (C=O) groups excluding carboxylic acids is 2. The van der Waals surface area contributed by atoms with Crippen LogP contribution in [-0.2, 0) is 14.3 Å². The SMILES string of the molecule is CC/C(=C(/c1ccc(OCC(CN(CC)CC)OC(C)=O)cc1)c1ccc(OC(C)=O)cc1)c1ccc2c(c1)OCO2. The number of esters is 2. The first-order valence-corrected chi connectivity index (χ1v) is 14.4. The molecule has 3 aromatic carbocycles. The first-order chi connectivity index (χ1) is 20.3. The minimum atomic E-state index is -0.369. The number of nitrogens with zero attached hydrogens (tertiary/aromatic N) is 1. The first kappa shape index (κ1) is 30.7. The van der Waals surface area contributed by atoms with Crippen molar-refractivity contribution in [2.45, 2.75) is 47.1 Å². The number of ether oxygens (including phenoxy) is 5. The fourth-order valence-electron chi connectivity index (χ4n) is 5.02. The van der Waals surface area contributed by atoms with Crippen LogP contribution < -0.4 is 18.9 Å². The molecule has 1 aliphatic heterocycles. The van der Waals surface area contributed by atoms with Crippen LogP contribution in [0.3, 0.4) is 0 Å². The lowest BCUT2D eigenvalue weighted by Crippen LogP contribution is -2.38. The van der Waals surface area contributed by atoms with Crippen molar-refractivity contribution in [3.8, 4) is 23.0 Å². The third-order valence-corrected chi connectivity index (χ3v) is 7.05. The smallest absolute Gasteiger partial charge is 0.308 e. The highest BCUT2D eigenvalue weighted by Crippen LogP contribution is 2.40. The highest BCUT2D eigenvalue weighted by Gasteiger charge is 2.19. The van der Waals surface area contributed by atoms with Crippen LogP contribution in [0.1, 0.15) is 57.7 Å². The molecule has 1 unspecified atom stereocenters. The molecule has 8 nitrogen and oxygen atoms in total. The molecule has 0 N–H and O–H groups in total. The van der Waals surface area contributed by atoms with Gasteiger partial charge in [-0.1, -0.05) is 51.1 Å². The van der Waals surface area contributed by atoms with Crippen molar-refractivity contribution in [3.05, 3.63) is 83.4 Å². The third kappa shape index (κ3) is 7.91. The molecule has 222 valence electrons. The molecule has 0 saturated heterocycles. The van der Waals surface area contributed by atoms with E-state index in [4.69, 9.17) is 23.7 Å². The number of hydrogen-bond donors (Lipinski definition) is 0. The zero-order chi connectivity index (χ0) is 30.1. The Morgan fingerprint density at radius 1 is 0.786 bits per heavy atom. The molecule has 0 fully saturated rings. The summed E-state index contributed by atoms with van der Waals surface area (Å²) >= 11 is 0. The molecule has 1 aliphatic rings. The molecule has 42 heavy (non-hydrogen) atoms. The van der Waals surface area contributed by atoms with Gasteiger partial charge in [0.2, 0.25) is 6.79 Å². The summed E-state index contributed by atoms with van der Waals surface area (Å²) < 4.78 is 28.0. The van der Waals surface area contributed by atoms with Gasteiger partial charge < -0.3 is 28.6 Å². The second-order valence-corrected chi connectivity index (χ2v) is 9.95. The van der Waals surface area contributed by atoms with E-state index >= 15 is 0 Å². The Morgan fingerprint density at radius 2 is 1.38 bits per heavy atom. The van der Waals surface area contributed by atoms with E-state index in [2.05, 4.69) is 25.7 Å². The van der Waals surface area contributed by atoms with E-state index in [0.29, 0.717) is 18.0 Å². The molecule has 3 aromatic rings. The number of rotatable bonds is 13. The fraction of sp³-hybridized carbons (Fsp3) is 0.353. The second kappa shape index (κ2) is 14.5. The van der Waals surface area contributed by atoms with Crippen LogP contribution in [0, 0.1) is 0 Å². The average molecular weight is 574 g/mol. The molecule has 1 heterocycles. The Balaban J connectivity index is 1.66. The standard InChI is InChI=1S/C34H39NO7/c1-6-31(27-13-18-32-33(19-27)40-22-39-32)34(26-11-16-29(17-12-26)41-23(4)36)25-9-14-28(15-10-25)38-21-30(42-24(5)37)20-35(7-2)8-3/h9-19,30H,6-8,20-22H2,1-5H3/b34-31+. The van der Waals surface area contributed by atoms with Crippen LogP contribution in [0.2, 0.25) is 0 Å². The predicted molar refractivity (Wildman–Crippen MR) is 162 cm³/mol. The van der Waals surface area contributed by atoms with Crippen molar-refractivity contribution in [2.75, 3.05) is 33.0 Å². The maximum Gasteiger partial charge on any atom is 0.308 e. The Kier molecular flexibility index (Phi) is 10.6. The van der Waals surface area contributed by atoms with E-state index in [1.165, 1.54) is 13.8 Å². The van der Waals surface area contributed by atoms with Crippen LogP contribution in [0.25, 0.3) is 11.1 Å². The van der Waals surface area contributed by atoms with Gasteiger partial charge in [0, 0.05) is 20.4 Å². The normalized spacial score (nSPS) is 13.4. The highest BCUT2D eigenvalue weighted by molar-refractivity contribution is 5.99. The van der Waals surface area contributed by atoms with E-state index in [9.17, 15) is 9.59 Å². The largest absolute Gasteiger partial charge is 0.490 e. The molecule has 1 atom stereocenters. The van der Waals surface area contributed by atoms with Crippen LogP contribution in [0.4, 0.5) is 0 Å². The van der Waals surface area contributed by atoms with Crippen LogP contribution in [0.15, 0.2) is 66.7 Å². The fourth-order valence-corrected chi connectivity index (χ4v) is 5.02. The van der Waals surface area contributed by atoms with Crippen LogP contribution in [0.5, 0.6) is 23.0 Å². The summed E-state index contributed by atoms with van der Waals surface area (Å²) in [4.78, 5) is 25.3. The van der Waals surface area contributed by atoms with Gasteiger partial charge in [-0.05, 0) is 83.7 Å². The maximum atomic E-state index is 11.7. The van der Waals surface area contributed by atoms with Gasteiger partial charge in [0.25, 0.3) is 0 Å². The number of benzene rings is 3. The van der Waals surface area contributed by atoms with E-state index in [0.717, 1.165) is 58.8 Å². The van der Waals surface area contributed by atoms with Crippen molar-refractivity contribution in [1.82, 2.24) is 4.90 Å². The summed E-state index contributed by atoms with van der Waals surface area (Å²) in [7, 11) is 0. The predicted octanol–water partition coefficient (Wildman–Crippen LogP) is 6.36. The van der Waals surface area contributed by atoms with E-state index in [1.54, 1.807) is 12.1 Å². The lowest BCUT2D eigenvalue weighted by molar-refractivity contribution is -0.148. The van der Waals surface area contributed by atoms with E-state index in [1.807, 2.05) is 54.6 Å². The Labute approximate surface area is 247 Å². The van der Waals surface area contributed by atoms with Gasteiger partial charge in [-0.3, -0.25) is 9.59 Å². The van der Waals surface area contributed by atoms with Gasteiger partial charge in [0.1, 0.15) is 24.2 Å². The first-order valence-electron chi connectivity index (χ1n) is 14.4. The van der Waals surface area contributed by atoms with Gasteiger partial charge in [-0.2, -0.15) is 0 Å². The molecule has 8 heteroatoms. The number of hydrogen-bond acceptors (Lipinski definition) is 8. The summed E-state index contributed by atoms with van der Waals surface area (Å²) in [5.41, 5.74) is 5.16. The minimum absolute atomic E-state index is 0.211. The lowest BCUT2D eigenvalue weighted by atomic mass is 9.88. The monoisotopic (exact) mass is 573 g/mol. The average Bonchev–Trinajstić information content (AvgIpc) is 3.46. The highest BCUT2D eigenvalue weighted by atomic mass is 16.7. The summed E-state index contributed by atoms with van der Waals surface area (Å²) in [6, 6.07) is 21.4. The van der Waals surface area contributed by atoms with Crippen molar-refractivity contribution >= 4 is 23.1 Å². The summed E-state index contributed by atoms with van der Waals surface area (Å²) in [6.45, 7) is 11.9. The van der Waals surface area contributed by atoms with Crippen molar-refractivity contribution < 1.29 is 33.3 Å². The van der Waals surface area contributed by atoms with E-state index in [-0.39, 0.29) is 31.4 Å². The van der Waals surface area contributed by atoms with Crippen LogP contribution >= 0.6 is 0 Å². The number of fused-ring (bicyclic) bond motifs is 1. The van der Waals surface area contributed by atoms with Gasteiger partial charge in [0.05, 0.1) is 0 Å². The van der Waals surface area contributed by atoms with E-state index < -0.39 is 0 Å². The number of carbonyl (C=O) groups is 2. The van der Waals surface area contributed by atoms with Crippen molar-refractivity contribution in [2.24, 2.45) is 0 Å².